The Kier molecular flexibility index (Phi) is 3.52. The Bertz CT molecular complexity index is 500. The summed E-state index contributed by atoms with van der Waals surface area (Å²) in [4.78, 5) is 0. The minimum Gasteiger partial charge on any atom is -0.384 e. The van der Waals surface area contributed by atoms with E-state index >= 15 is 0 Å². The van der Waals surface area contributed by atoms with Gasteiger partial charge in [0.2, 0.25) is 0 Å². The summed E-state index contributed by atoms with van der Waals surface area (Å²) in [7, 11) is 0. The minimum absolute atomic E-state index is 0.406. The standard InChI is InChI=1S/C13H16BrN3/c1-9(2)12-7-13(15)17(16-12)8-10-3-5-11(14)6-4-10/h3-7,9H,8,15H2,1-2H3. The number of nitrogens with two attached hydrogens (primary N) is 1. The van der Waals surface area contributed by atoms with E-state index in [0.717, 1.165) is 16.0 Å². The Morgan fingerprint density at radius 3 is 2.47 bits per heavy atom. The van der Waals surface area contributed by atoms with Crippen molar-refractivity contribution in [2.75, 3.05) is 5.73 Å². The lowest BCUT2D eigenvalue weighted by Gasteiger charge is -2.04. The molecule has 0 amide bonds. The van der Waals surface area contributed by atoms with E-state index in [9.17, 15) is 0 Å². The van der Waals surface area contributed by atoms with Crippen molar-refractivity contribution < 1.29 is 0 Å². The quantitative estimate of drug-likeness (QED) is 0.943. The van der Waals surface area contributed by atoms with Crippen molar-refractivity contribution in [3.8, 4) is 0 Å². The van der Waals surface area contributed by atoms with Crippen molar-refractivity contribution in [3.05, 3.63) is 46.1 Å². The average Bonchev–Trinajstić information content (AvgIpc) is 2.64. The van der Waals surface area contributed by atoms with E-state index in [1.165, 1.54) is 5.56 Å². The van der Waals surface area contributed by atoms with Crippen molar-refractivity contribution in [2.24, 2.45) is 0 Å². The monoisotopic (exact) mass is 293 g/mol. The molecule has 0 saturated carbocycles. The van der Waals surface area contributed by atoms with Crippen molar-refractivity contribution in [2.45, 2.75) is 26.3 Å². The molecule has 2 rings (SSSR count). The van der Waals surface area contributed by atoms with Gasteiger partial charge in [0, 0.05) is 10.5 Å². The first kappa shape index (κ1) is 12.2. The fourth-order valence-corrected chi connectivity index (χ4v) is 1.89. The third-order valence-corrected chi connectivity index (χ3v) is 3.20. The van der Waals surface area contributed by atoms with Crippen LogP contribution in [0.2, 0.25) is 0 Å². The molecule has 3 nitrogen and oxygen atoms in total. The van der Waals surface area contributed by atoms with Gasteiger partial charge in [0.1, 0.15) is 5.82 Å². The van der Waals surface area contributed by atoms with Gasteiger partial charge in [-0.25, -0.2) is 4.68 Å². The number of nitrogen functional groups attached to an aromatic ring is 1. The molecule has 0 fully saturated rings. The summed E-state index contributed by atoms with van der Waals surface area (Å²) in [6.07, 6.45) is 0. The molecule has 0 aliphatic heterocycles. The molecule has 17 heavy (non-hydrogen) atoms. The molecule has 0 bridgehead atoms. The molecule has 1 aromatic heterocycles. The highest BCUT2D eigenvalue weighted by molar-refractivity contribution is 9.10. The Hall–Kier alpha value is -1.29. The lowest BCUT2D eigenvalue weighted by Crippen LogP contribution is -2.06. The number of hydrogen-bond donors (Lipinski definition) is 1. The van der Waals surface area contributed by atoms with E-state index in [0.29, 0.717) is 12.5 Å². The van der Waals surface area contributed by atoms with Crippen LogP contribution in [0, 0.1) is 0 Å². The summed E-state index contributed by atoms with van der Waals surface area (Å²) in [6.45, 7) is 4.95. The number of aromatic nitrogens is 2. The molecule has 4 heteroatoms. The normalized spacial score (nSPS) is 11.1. The molecular formula is C13H16BrN3. The summed E-state index contributed by atoms with van der Waals surface area (Å²) in [5.74, 6) is 1.13. The van der Waals surface area contributed by atoms with Crippen LogP contribution in [-0.4, -0.2) is 9.78 Å². The van der Waals surface area contributed by atoms with Gasteiger partial charge in [-0.2, -0.15) is 5.10 Å². The number of halogens is 1. The van der Waals surface area contributed by atoms with E-state index in [4.69, 9.17) is 5.73 Å². The third-order valence-electron chi connectivity index (χ3n) is 2.67. The molecule has 0 unspecified atom stereocenters. The molecule has 0 spiro atoms. The zero-order valence-electron chi connectivity index (χ0n) is 10.0. The second-order valence-electron chi connectivity index (χ2n) is 4.43. The van der Waals surface area contributed by atoms with Gasteiger partial charge < -0.3 is 5.73 Å². The van der Waals surface area contributed by atoms with Gasteiger partial charge in [-0.15, -0.1) is 0 Å². The molecule has 0 atom stereocenters. The first-order valence-corrected chi connectivity index (χ1v) is 6.43. The summed E-state index contributed by atoms with van der Waals surface area (Å²) >= 11 is 3.42. The number of nitrogens with zero attached hydrogens (tertiary/aromatic N) is 2. The molecule has 0 saturated heterocycles. The molecule has 0 aliphatic carbocycles. The second-order valence-corrected chi connectivity index (χ2v) is 5.35. The van der Waals surface area contributed by atoms with Gasteiger partial charge >= 0.3 is 0 Å². The van der Waals surface area contributed by atoms with Gasteiger partial charge in [-0.3, -0.25) is 0 Å². The fourth-order valence-electron chi connectivity index (χ4n) is 1.62. The zero-order valence-corrected chi connectivity index (χ0v) is 11.6. The highest BCUT2D eigenvalue weighted by atomic mass is 79.9. The van der Waals surface area contributed by atoms with Gasteiger partial charge in [-0.1, -0.05) is 41.9 Å². The molecule has 0 aliphatic rings. The Labute approximate surface area is 110 Å². The number of rotatable bonds is 3. The Morgan fingerprint density at radius 2 is 1.94 bits per heavy atom. The Morgan fingerprint density at radius 1 is 1.29 bits per heavy atom. The second kappa shape index (κ2) is 4.92. The number of hydrogen-bond acceptors (Lipinski definition) is 2. The van der Waals surface area contributed by atoms with Crippen LogP contribution in [0.5, 0.6) is 0 Å². The van der Waals surface area contributed by atoms with Crippen molar-refractivity contribution in [1.29, 1.82) is 0 Å². The van der Waals surface area contributed by atoms with Crippen LogP contribution < -0.4 is 5.73 Å². The zero-order chi connectivity index (χ0) is 12.4. The van der Waals surface area contributed by atoms with Crippen LogP contribution in [-0.2, 0) is 6.54 Å². The van der Waals surface area contributed by atoms with Crippen molar-refractivity contribution in [3.63, 3.8) is 0 Å². The number of anilines is 1. The highest BCUT2D eigenvalue weighted by Gasteiger charge is 2.08. The lowest BCUT2D eigenvalue weighted by molar-refractivity contribution is 0.664. The van der Waals surface area contributed by atoms with Crippen molar-refractivity contribution >= 4 is 21.7 Å². The average molecular weight is 294 g/mol. The van der Waals surface area contributed by atoms with E-state index in [2.05, 4.69) is 47.0 Å². The summed E-state index contributed by atoms with van der Waals surface area (Å²) < 4.78 is 2.93. The van der Waals surface area contributed by atoms with E-state index in [1.54, 1.807) is 0 Å². The summed E-state index contributed by atoms with van der Waals surface area (Å²) in [6, 6.07) is 10.1. The number of benzene rings is 1. The molecular weight excluding hydrogens is 278 g/mol. The predicted molar refractivity (Wildman–Crippen MR) is 74.0 cm³/mol. The minimum atomic E-state index is 0.406. The molecule has 0 radical (unpaired) electrons. The van der Waals surface area contributed by atoms with E-state index in [1.807, 2.05) is 22.9 Å². The van der Waals surface area contributed by atoms with Gasteiger partial charge in [0.05, 0.1) is 12.2 Å². The largest absolute Gasteiger partial charge is 0.384 e. The first-order chi connectivity index (χ1) is 8.06. The van der Waals surface area contributed by atoms with Gasteiger partial charge in [-0.05, 0) is 23.6 Å². The summed E-state index contributed by atoms with van der Waals surface area (Å²) in [5, 5.41) is 4.51. The molecule has 1 heterocycles. The van der Waals surface area contributed by atoms with Crippen LogP contribution in [0.1, 0.15) is 31.0 Å². The lowest BCUT2D eigenvalue weighted by atomic mass is 10.1. The molecule has 1 aromatic carbocycles. The summed E-state index contributed by atoms with van der Waals surface area (Å²) in [5.41, 5.74) is 8.18. The van der Waals surface area contributed by atoms with E-state index in [-0.39, 0.29) is 0 Å². The Balaban J connectivity index is 2.21. The van der Waals surface area contributed by atoms with E-state index < -0.39 is 0 Å². The van der Waals surface area contributed by atoms with Crippen LogP contribution in [0.3, 0.4) is 0 Å². The van der Waals surface area contributed by atoms with Gasteiger partial charge in [0.25, 0.3) is 0 Å². The fraction of sp³-hybridized carbons (Fsp3) is 0.308. The predicted octanol–water partition coefficient (Wildman–Crippen LogP) is 3.40. The first-order valence-electron chi connectivity index (χ1n) is 5.64. The smallest absolute Gasteiger partial charge is 0.122 e. The topological polar surface area (TPSA) is 43.8 Å². The molecule has 2 aromatic rings. The maximum absolute atomic E-state index is 5.95. The maximum atomic E-state index is 5.95. The molecule has 2 N–H and O–H groups in total. The SMILES string of the molecule is CC(C)c1cc(N)n(Cc2ccc(Br)cc2)n1. The maximum Gasteiger partial charge on any atom is 0.122 e. The van der Waals surface area contributed by atoms with Crippen LogP contribution in [0.15, 0.2) is 34.8 Å². The van der Waals surface area contributed by atoms with Crippen LogP contribution in [0.4, 0.5) is 5.82 Å². The third kappa shape index (κ3) is 2.88. The van der Waals surface area contributed by atoms with Gasteiger partial charge in [0.15, 0.2) is 0 Å². The van der Waals surface area contributed by atoms with Crippen LogP contribution >= 0.6 is 15.9 Å². The van der Waals surface area contributed by atoms with Crippen LogP contribution in [0.25, 0.3) is 0 Å². The molecule has 90 valence electrons. The van der Waals surface area contributed by atoms with Crippen molar-refractivity contribution in [1.82, 2.24) is 9.78 Å². The highest BCUT2D eigenvalue weighted by Crippen LogP contribution is 2.17.